The van der Waals surface area contributed by atoms with Crippen molar-refractivity contribution in [2.24, 2.45) is 5.41 Å². The summed E-state index contributed by atoms with van der Waals surface area (Å²) >= 11 is 1.83. The third kappa shape index (κ3) is 5.26. The number of nitrogens with one attached hydrogen (secondary N) is 2. The summed E-state index contributed by atoms with van der Waals surface area (Å²) in [4.78, 5) is 14.3. The molecule has 0 saturated carbocycles. The van der Waals surface area contributed by atoms with Crippen LogP contribution in [0.2, 0.25) is 0 Å². The fourth-order valence-corrected chi connectivity index (χ4v) is 3.91. The van der Waals surface area contributed by atoms with Gasteiger partial charge in [0.25, 0.3) is 0 Å². The maximum absolute atomic E-state index is 12.0. The van der Waals surface area contributed by atoms with E-state index in [1.165, 1.54) is 25.7 Å². The number of piperidine rings is 2. The molecule has 5 heteroatoms. The summed E-state index contributed by atoms with van der Waals surface area (Å²) in [7, 11) is 2.17. The number of thioether (sulfide) groups is 1. The molecule has 2 rings (SSSR count). The van der Waals surface area contributed by atoms with Gasteiger partial charge in [-0.3, -0.25) is 4.79 Å². The van der Waals surface area contributed by atoms with Gasteiger partial charge in [-0.25, -0.2) is 0 Å². The van der Waals surface area contributed by atoms with Crippen molar-refractivity contribution in [1.82, 2.24) is 15.5 Å². The molecule has 2 saturated heterocycles. The van der Waals surface area contributed by atoms with Crippen LogP contribution in [-0.4, -0.2) is 61.6 Å². The second-order valence-electron chi connectivity index (χ2n) is 6.65. The van der Waals surface area contributed by atoms with Gasteiger partial charge in [-0.05, 0) is 64.3 Å². The predicted octanol–water partition coefficient (Wildman–Crippen LogP) is 1.32. The van der Waals surface area contributed by atoms with E-state index >= 15 is 0 Å². The number of carbonyl (C=O) groups excluding carboxylic acids is 1. The molecule has 4 nitrogen and oxygen atoms in total. The van der Waals surface area contributed by atoms with Crippen LogP contribution in [0, 0.1) is 5.41 Å². The topological polar surface area (TPSA) is 44.4 Å². The smallest absolute Gasteiger partial charge is 0.230 e. The zero-order valence-electron chi connectivity index (χ0n) is 12.9. The van der Waals surface area contributed by atoms with Crippen LogP contribution in [0.4, 0.5) is 0 Å². The van der Waals surface area contributed by atoms with E-state index in [0.29, 0.717) is 16.4 Å². The Morgan fingerprint density at radius 1 is 1.35 bits per heavy atom. The standard InChI is InChI=1S/C15H29N3OS/c1-15(5-9-18(2)10-6-15)12-17-14(19)11-20-13-3-7-16-8-4-13/h13,16H,3-12H2,1-2H3,(H,17,19). The van der Waals surface area contributed by atoms with Gasteiger partial charge in [0.2, 0.25) is 5.91 Å². The van der Waals surface area contributed by atoms with Gasteiger partial charge in [0, 0.05) is 11.8 Å². The summed E-state index contributed by atoms with van der Waals surface area (Å²) in [6, 6.07) is 0. The first kappa shape index (κ1) is 16.1. The van der Waals surface area contributed by atoms with Crippen LogP contribution in [0.15, 0.2) is 0 Å². The molecule has 0 aromatic heterocycles. The summed E-state index contributed by atoms with van der Waals surface area (Å²) in [6.07, 6.45) is 4.76. The maximum Gasteiger partial charge on any atom is 0.230 e. The minimum Gasteiger partial charge on any atom is -0.355 e. The number of likely N-dealkylation sites (tertiary alicyclic amines) is 1. The average molecular weight is 299 g/mol. The molecule has 0 aromatic carbocycles. The van der Waals surface area contributed by atoms with Crippen molar-refractivity contribution in [1.29, 1.82) is 0 Å². The SMILES string of the molecule is CN1CCC(C)(CNC(=O)CSC2CCNCC2)CC1. The average Bonchev–Trinajstić information content (AvgIpc) is 2.48. The van der Waals surface area contributed by atoms with Gasteiger partial charge in [0.1, 0.15) is 0 Å². The lowest BCUT2D eigenvalue weighted by Gasteiger charge is -2.38. The Balaban J connectivity index is 1.62. The van der Waals surface area contributed by atoms with Crippen molar-refractivity contribution >= 4 is 17.7 Å². The van der Waals surface area contributed by atoms with Crippen LogP contribution in [0.1, 0.15) is 32.6 Å². The molecule has 2 fully saturated rings. The summed E-state index contributed by atoms with van der Waals surface area (Å²) in [5.41, 5.74) is 0.293. The zero-order chi connectivity index (χ0) is 14.4. The molecule has 20 heavy (non-hydrogen) atoms. The van der Waals surface area contributed by atoms with Crippen LogP contribution in [0.5, 0.6) is 0 Å². The molecule has 2 aliphatic rings. The van der Waals surface area contributed by atoms with Crippen molar-refractivity contribution in [2.45, 2.75) is 37.9 Å². The molecule has 0 bridgehead atoms. The Labute approximate surface area is 127 Å². The summed E-state index contributed by atoms with van der Waals surface area (Å²) in [5, 5.41) is 7.18. The Kier molecular flexibility index (Phi) is 6.18. The number of hydrogen-bond donors (Lipinski definition) is 2. The molecule has 2 heterocycles. The first-order chi connectivity index (χ1) is 9.57. The van der Waals surface area contributed by atoms with E-state index in [9.17, 15) is 4.79 Å². The number of amides is 1. The molecule has 2 aliphatic heterocycles. The highest BCUT2D eigenvalue weighted by Crippen LogP contribution is 2.29. The molecule has 1 amide bonds. The Morgan fingerprint density at radius 2 is 2.00 bits per heavy atom. The van der Waals surface area contributed by atoms with Gasteiger partial charge in [0.05, 0.1) is 5.75 Å². The van der Waals surface area contributed by atoms with Gasteiger partial charge in [-0.1, -0.05) is 6.92 Å². The fraction of sp³-hybridized carbons (Fsp3) is 0.933. The minimum absolute atomic E-state index is 0.216. The third-order valence-electron chi connectivity index (χ3n) is 4.64. The van der Waals surface area contributed by atoms with Crippen LogP contribution < -0.4 is 10.6 Å². The van der Waals surface area contributed by atoms with E-state index in [1.807, 2.05) is 11.8 Å². The molecule has 0 atom stereocenters. The van der Waals surface area contributed by atoms with E-state index in [4.69, 9.17) is 0 Å². The molecule has 0 unspecified atom stereocenters. The summed E-state index contributed by atoms with van der Waals surface area (Å²) < 4.78 is 0. The Morgan fingerprint density at radius 3 is 2.65 bits per heavy atom. The van der Waals surface area contributed by atoms with E-state index < -0.39 is 0 Å². The Hall–Kier alpha value is -0.260. The second-order valence-corrected chi connectivity index (χ2v) is 7.94. The van der Waals surface area contributed by atoms with E-state index in [0.717, 1.165) is 32.7 Å². The van der Waals surface area contributed by atoms with Crippen LogP contribution in [-0.2, 0) is 4.79 Å². The lowest BCUT2D eigenvalue weighted by atomic mass is 9.80. The molecular weight excluding hydrogens is 270 g/mol. The molecule has 2 N–H and O–H groups in total. The molecule has 0 radical (unpaired) electrons. The molecular formula is C15H29N3OS. The number of nitrogens with zero attached hydrogens (tertiary/aromatic N) is 1. The predicted molar refractivity (Wildman–Crippen MR) is 86.2 cm³/mol. The van der Waals surface area contributed by atoms with Crippen molar-refractivity contribution in [3.63, 3.8) is 0 Å². The minimum atomic E-state index is 0.216. The van der Waals surface area contributed by atoms with Crippen LogP contribution in [0.25, 0.3) is 0 Å². The van der Waals surface area contributed by atoms with Gasteiger partial charge >= 0.3 is 0 Å². The zero-order valence-corrected chi connectivity index (χ0v) is 13.7. The first-order valence-corrected chi connectivity index (χ1v) is 8.90. The quantitative estimate of drug-likeness (QED) is 0.804. The first-order valence-electron chi connectivity index (χ1n) is 7.85. The second kappa shape index (κ2) is 7.66. The highest BCUT2D eigenvalue weighted by Gasteiger charge is 2.29. The van der Waals surface area contributed by atoms with Crippen LogP contribution in [0.3, 0.4) is 0 Å². The summed E-state index contributed by atoms with van der Waals surface area (Å²) in [6.45, 7) is 7.65. The molecule has 0 aromatic rings. The van der Waals surface area contributed by atoms with E-state index in [-0.39, 0.29) is 5.91 Å². The number of rotatable bonds is 5. The summed E-state index contributed by atoms with van der Waals surface area (Å²) in [5.74, 6) is 0.842. The number of carbonyl (C=O) groups is 1. The van der Waals surface area contributed by atoms with Gasteiger partial charge in [0.15, 0.2) is 0 Å². The van der Waals surface area contributed by atoms with Gasteiger partial charge < -0.3 is 15.5 Å². The fourth-order valence-electron chi connectivity index (χ4n) is 2.85. The highest BCUT2D eigenvalue weighted by atomic mass is 32.2. The maximum atomic E-state index is 12.0. The monoisotopic (exact) mass is 299 g/mol. The van der Waals surface area contributed by atoms with E-state index in [2.05, 4.69) is 29.5 Å². The van der Waals surface area contributed by atoms with Crippen molar-refractivity contribution in [3.05, 3.63) is 0 Å². The highest BCUT2D eigenvalue weighted by molar-refractivity contribution is 8.00. The largest absolute Gasteiger partial charge is 0.355 e. The van der Waals surface area contributed by atoms with Gasteiger partial charge in [-0.2, -0.15) is 0 Å². The molecule has 116 valence electrons. The normalized spacial score (nSPS) is 24.5. The Bertz CT molecular complexity index is 310. The number of hydrogen-bond acceptors (Lipinski definition) is 4. The van der Waals surface area contributed by atoms with Crippen molar-refractivity contribution < 1.29 is 4.79 Å². The molecule has 0 spiro atoms. The van der Waals surface area contributed by atoms with Crippen LogP contribution >= 0.6 is 11.8 Å². The van der Waals surface area contributed by atoms with Crippen molar-refractivity contribution in [2.75, 3.05) is 45.5 Å². The van der Waals surface area contributed by atoms with Gasteiger partial charge in [-0.15, -0.1) is 11.8 Å². The third-order valence-corrected chi connectivity index (χ3v) is 6.01. The molecule has 0 aliphatic carbocycles. The lowest BCUT2D eigenvalue weighted by Crippen LogP contribution is -2.44. The van der Waals surface area contributed by atoms with Crippen molar-refractivity contribution in [3.8, 4) is 0 Å². The van der Waals surface area contributed by atoms with E-state index in [1.54, 1.807) is 0 Å². The lowest BCUT2D eigenvalue weighted by molar-refractivity contribution is -0.119.